The fraction of sp³-hybridized carbons (Fsp3) is 0.417. The number of nitro benzene ring substituents is 1. The van der Waals surface area contributed by atoms with E-state index >= 15 is 0 Å². The number of primary sulfonamides is 1. The second-order valence-electron chi connectivity index (χ2n) is 5.39. The molecule has 0 heterocycles. The fourth-order valence-corrected chi connectivity index (χ4v) is 2.74. The Morgan fingerprint density at radius 1 is 1.38 bits per heavy atom. The van der Waals surface area contributed by atoms with Crippen LogP contribution >= 0.6 is 0 Å². The number of nitro groups is 1. The Labute approximate surface area is 121 Å². The van der Waals surface area contributed by atoms with Crippen molar-refractivity contribution < 1.29 is 18.1 Å². The fourth-order valence-electron chi connectivity index (χ4n) is 2.16. The minimum atomic E-state index is -4.13. The Kier molecular flexibility index (Phi) is 3.72. The molecule has 0 radical (unpaired) electrons. The average Bonchev–Trinajstić information content (AvgIpc) is 2.35. The Morgan fingerprint density at radius 2 is 2.00 bits per heavy atom. The molecule has 1 aromatic carbocycles. The molecule has 0 aliphatic heterocycles. The number of amides is 1. The first-order valence-corrected chi connectivity index (χ1v) is 7.80. The van der Waals surface area contributed by atoms with Crippen LogP contribution in [0, 0.1) is 10.1 Å². The van der Waals surface area contributed by atoms with Crippen molar-refractivity contribution in [1.82, 2.24) is 5.32 Å². The summed E-state index contributed by atoms with van der Waals surface area (Å²) in [5.41, 5.74) is -0.935. The molecule has 1 aliphatic carbocycles. The first-order valence-electron chi connectivity index (χ1n) is 6.26. The SMILES string of the molecule is CC1(NC(=O)c2cc([N+](=O)[O-])cc(S(N)(=O)=O)c2)CCC1. The number of carbonyl (C=O) groups is 1. The third kappa shape index (κ3) is 3.37. The third-order valence-corrected chi connectivity index (χ3v) is 4.46. The van der Waals surface area contributed by atoms with Crippen LogP contribution in [0.15, 0.2) is 23.1 Å². The van der Waals surface area contributed by atoms with Crippen molar-refractivity contribution in [1.29, 1.82) is 0 Å². The zero-order chi connectivity index (χ0) is 15.8. The van der Waals surface area contributed by atoms with Crippen LogP contribution in [-0.4, -0.2) is 24.8 Å². The zero-order valence-corrected chi connectivity index (χ0v) is 12.1. The molecule has 114 valence electrons. The second kappa shape index (κ2) is 5.08. The lowest BCUT2D eigenvalue weighted by Crippen LogP contribution is -2.50. The van der Waals surface area contributed by atoms with Crippen molar-refractivity contribution >= 4 is 21.6 Å². The maximum atomic E-state index is 12.1. The number of nitrogens with two attached hydrogens (primary N) is 1. The number of hydrogen-bond acceptors (Lipinski definition) is 5. The molecule has 1 fully saturated rings. The van der Waals surface area contributed by atoms with Gasteiger partial charge < -0.3 is 5.32 Å². The van der Waals surface area contributed by atoms with Crippen LogP contribution in [0.2, 0.25) is 0 Å². The molecule has 0 saturated heterocycles. The standard InChI is InChI=1S/C12H15N3O5S/c1-12(3-2-4-12)14-11(16)8-5-9(15(17)18)7-10(6-8)21(13,19)20/h5-7H,2-4H2,1H3,(H,14,16)(H2,13,19,20). The molecule has 1 aliphatic rings. The lowest BCUT2D eigenvalue weighted by Gasteiger charge is -2.39. The molecule has 3 N–H and O–H groups in total. The number of nitrogens with zero attached hydrogens (tertiary/aromatic N) is 1. The van der Waals surface area contributed by atoms with Crippen LogP contribution in [0.4, 0.5) is 5.69 Å². The monoisotopic (exact) mass is 313 g/mol. The first-order chi connectivity index (χ1) is 9.61. The van der Waals surface area contributed by atoms with Gasteiger partial charge in [-0.05, 0) is 32.3 Å². The maximum Gasteiger partial charge on any atom is 0.271 e. The topological polar surface area (TPSA) is 132 Å². The average molecular weight is 313 g/mol. The van der Waals surface area contributed by atoms with Gasteiger partial charge in [-0.25, -0.2) is 13.6 Å². The van der Waals surface area contributed by atoms with Crippen LogP contribution in [-0.2, 0) is 10.0 Å². The molecule has 0 spiro atoms. The Bertz CT molecular complexity index is 710. The van der Waals surface area contributed by atoms with Crippen LogP contribution in [0.3, 0.4) is 0 Å². The summed E-state index contributed by atoms with van der Waals surface area (Å²) in [7, 11) is -4.13. The molecule has 1 amide bonds. The largest absolute Gasteiger partial charge is 0.347 e. The Hall–Kier alpha value is -2.00. The lowest BCUT2D eigenvalue weighted by molar-refractivity contribution is -0.385. The van der Waals surface area contributed by atoms with Crippen molar-refractivity contribution in [2.45, 2.75) is 36.6 Å². The highest BCUT2D eigenvalue weighted by molar-refractivity contribution is 7.89. The van der Waals surface area contributed by atoms with Crippen molar-refractivity contribution in [2.75, 3.05) is 0 Å². The van der Waals surface area contributed by atoms with E-state index in [4.69, 9.17) is 5.14 Å². The number of hydrogen-bond donors (Lipinski definition) is 2. The molecule has 9 heteroatoms. The summed E-state index contributed by atoms with van der Waals surface area (Å²) in [6.45, 7) is 1.87. The van der Waals surface area contributed by atoms with E-state index in [0.29, 0.717) is 0 Å². The van der Waals surface area contributed by atoms with Gasteiger partial charge in [0.25, 0.3) is 11.6 Å². The summed E-state index contributed by atoms with van der Waals surface area (Å²) in [6.07, 6.45) is 2.62. The van der Waals surface area contributed by atoms with Crippen molar-refractivity contribution in [2.24, 2.45) is 5.14 Å². The minimum Gasteiger partial charge on any atom is -0.347 e. The van der Waals surface area contributed by atoms with Gasteiger partial charge in [0.15, 0.2) is 0 Å². The normalized spacial score (nSPS) is 16.9. The predicted molar refractivity (Wildman–Crippen MR) is 74.2 cm³/mol. The number of carbonyl (C=O) groups excluding carboxylic acids is 1. The summed E-state index contributed by atoms with van der Waals surface area (Å²) in [5, 5.41) is 18.6. The third-order valence-electron chi connectivity index (χ3n) is 3.57. The van der Waals surface area contributed by atoms with E-state index in [1.165, 1.54) is 0 Å². The molecular formula is C12H15N3O5S. The quantitative estimate of drug-likeness (QED) is 0.630. The predicted octanol–water partition coefficient (Wildman–Crippen LogP) is 0.915. The van der Waals surface area contributed by atoms with Gasteiger partial charge in [-0.2, -0.15) is 0 Å². The smallest absolute Gasteiger partial charge is 0.271 e. The number of nitrogens with one attached hydrogen (secondary N) is 1. The number of rotatable bonds is 4. The summed E-state index contributed by atoms with van der Waals surface area (Å²) < 4.78 is 22.7. The molecule has 2 rings (SSSR count). The number of non-ortho nitro benzene ring substituents is 1. The molecule has 0 aromatic heterocycles. The first kappa shape index (κ1) is 15.4. The summed E-state index contributed by atoms with van der Waals surface area (Å²) in [5.74, 6) is -0.550. The van der Waals surface area contributed by atoms with Gasteiger partial charge in [0, 0.05) is 23.2 Å². The maximum absolute atomic E-state index is 12.1. The van der Waals surface area contributed by atoms with E-state index < -0.39 is 31.4 Å². The van der Waals surface area contributed by atoms with Gasteiger partial charge in [-0.1, -0.05) is 0 Å². The Balaban J connectivity index is 2.40. The molecule has 0 unspecified atom stereocenters. The molecule has 1 aromatic rings. The zero-order valence-electron chi connectivity index (χ0n) is 11.3. The van der Waals surface area contributed by atoms with Crippen molar-refractivity contribution in [3.8, 4) is 0 Å². The highest BCUT2D eigenvalue weighted by Crippen LogP contribution is 2.31. The minimum absolute atomic E-state index is 0.0960. The van der Waals surface area contributed by atoms with Gasteiger partial charge in [0.1, 0.15) is 0 Å². The van der Waals surface area contributed by atoms with Crippen LogP contribution in [0.1, 0.15) is 36.5 Å². The van der Waals surface area contributed by atoms with E-state index in [1.54, 1.807) is 0 Å². The van der Waals surface area contributed by atoms with Gasteiger partial charge in [0.2, 0.25) is 10.0 Å². The van der Waals surface area contributed by atoms with Crippen molar-refractivity contribution in [3.05, 3.63) is 33.9 Å². The molecule has 1 saturated carbocycles. The van der Waals surface area contributed by atoms with E-state index in [0.717, 1.165) is 37.5 Å². The van der Waals surface area contributed by atoms with Crippen LogP contribution in [0.25, 0.3) is 0 Å². The second-order valence-corrected chi connectivity index (χ2v) is 6.95. The lowest BCUT2D eigenvalue weighted by atomic mass is 9.78. The number of sulfonamides is 1. The molecular weight excluding hydrogens is 298 g/mol. The highest BCUT2D eigenvalue weighted by atomic mass is 32.2. The highest BCUT2D eigenvalue weighted by Gasteiger charge is 2.33. The molecule has 8 nitrogen and oxygen atoms in total. The van der Waals surface area contributed by atoms with E-state index in [9.17, 15) is 23.3 Å². The van der Waals surface area contributed by atoms with E-state index in [-0.39, 0.29) is 11.1 Å². The number of benzene rings is 1. The molecule has 0 bridgehead atoms. The van der Waals surface area contributed by atoms with Gasteiger partial charge >= 0.3 is 0 Å². The Morgan fingerprint density at radius 3 is 2.43 bits per heavy atom. The van der Waals surface area contributed by atoms with Gasteiger partial charge in [-0.3, -0.25) is 14.9 Å². The van der Waals surface area contributed by atoms with Gasteiger partial charge in [-0.15, -0.1) is 0 Å². The van der Waals surface area contributed by atoms with Gasteiger partial charge in [0.05, 0.1) is 9.82 Å². The van der Waals surface area contributed by atoms with Crippen LogP contribution in [0.5, 0.6) is 0 Å². The van der Waals surface area contributed by atoms with Crippen molar-refractivity contribution in [3.63, 3.8) is 0 Å². The summed E-state index contributed by atoms with van der Waals surface area (Å²) >= 11 is 0. The summed E-state index contributed by atoms with van der Waals surface area (Å²) in [4.78, 5) is 21.8. The van der Waals surface area contributed by atoms with E-state index in [2.05, 4.69) is 5.32 Å². The van der Waals surface area contributed by atoms with Crippen LogP contribution < -0.4 is 10.5 Å². The summed E-state index contributed by atoms with van der Waals surface area (Å²) in [6, 6.07) is 2.91. The molecule has 21 heavy (non-hydrogen) atoms. The molecule has 0 atom stereocenters. The van der Waals surface area contributed by atoms with E-state index in [1.807, 2.05) is 6.92 Å².